The van der Waals surface area contributed by atoms with Gasteiger partial charge in [0.05, 0.1) is 17.2 Å². The van der Waals surface area contributed by atoms with Crippen molar-refractivity contribution >= 4 is 23.2 Å². The highest BCUT2D eigenvalue weighted by Gasteiger charge is 2.16. The molecular weight excluding hydrogens is 269 g/mol. The lowest BCUT2D eigenvalue weighted by Gasteiger charge is -2.14. The van der Waals surface area contributed by atoms with Gasteiger partial charge in [0, 0.05) is 11.2 Å². The zero-order valence-electron chi connectivity index (χ0n) is 9.63. The quantitative estimate of drug-likeness (QED) is 0.855. The first kappa shape index (κ1) is 13.3. The SMILES string of the molecule is O[C@H](C[C@@H](Cl)c1ccc(Cl)cc1)c1ccccn1. The monoisotopic (exact) mass is 281 g/mol. The summed E-state index contributed by atoms with van der Waals surface area (Å²) in [7, 11) is 0. The van der Waals surface area contributed by atoms with Gasteiger partial charge in [-0.25, -0.2) is 0 Å². The molecule has 94 valence electrons. The van der Waals surface area contributed by atoms with Crippen LogP contribution in [0.4, 0.5) is 0 Å². The average molecular weight is 282 g/mol. The molecule has 1 aromatic heterocycles. The number of alkyl halides is 1. The maximum atomic E-state index is 10.0. The first-order valence-electron chi connectivity index (χ1n) is 5.65. The molecule has 0 saturated heterocycles. The van der Waals surface area contributed by atoms with E-state index in [1.165, 1.54) is 0 Å². The Hall–Kier alpha value is -1.09. The highest BCUT2D eigenvalue weighted by atomic mass is 35.5. The molecule has 2 atom stereocenters. The predicted molar refractivity (Wildman–Crippen MR) is 73.9 cm³/mol. The summed E-state index contributed by atoms with van der Waals surface area (Å²) in [6, 6.07) is 12.8. The minimum absolute atomic E-state index is 0.265. The van der Waals surface area contributed by atoms with Crippen LogP contribution in [0, 0.1) is 0 Å². The Morgan fingerprint density at radius 2 is 1.83 bits per heavy atom. The molecule has 0 aliphatic carbocycles. The highest BCUT2D eigenvalue weighted by Crippen LogP contribution is 2.31. The van der Waals surface area contributed by atoms with Gasteiger partial charge < -0.3 is 5.11 Å². The van der Waals surface area contributed by atoms with Gasteiger partial charge in [-0.15, -0.1) is 11.6 Å². The molecule has 0 aliphatic heterocycles. The molecule has 1 N–H and O–H groups in total. The van der Waals surface area contributed by atoms with Gasteiger partial charge in [-0.2, -0.15) is 0 Å². The zero-order valence-corrected chi connectivity index (χ0v) is 11.1. The van der Waals surface area contributed by atoms with Gasteiger partial charge in [-0.1, -0.05) is 29.8 Å². The van der Waals surface area contributed by atoms with Gasteiger partial charge in [0.25, 0.3) is 0 Å². The maximum absolute atomic E-state index is 10.0. The fourth-order valence-electron chi connectivity index (χ4n) is 1.70. The van der Waals surface area contributed by atoms with E-state index in [0.717, 1.165) is 5.56 Å². The lowest BCUT2D eigenvalue weighted by molar-refractivity contribution is 0.161. The van der Waals surface area contributed by atoms with Gasteiger partial charge in [-0.3, -0.25) is 4.98 Å². The Kier molecular flexibility index (Phi) is 4.59. The fraction of sp³-hybridized carbons (Fsp3) is 0.214. The molecule has 0 bridgehead atoms. The van der Waals surface area contributed by atoms with Crippen molar-refractivity contribution in [2.45, 2.75) is 17.9 Å². The van der Waals surface area contributed by atoms with Crippen LogP contribution in [0.1, 0.15) is 29.2 Å². The number of hydrogen-bond donors (Lipinski definition) is 1. The summed E-state index contributed by atoms with van der Waals surface area (Å²) in [4.78, 5) is 4.11. The van der Waals surface area contributed by atoms with Gasteiger partial charge in [0.15, 0.2) is 0 Å². The number of halogens is 2. The number of aromatic nitrogens is 1. The van der Waals surface area contributed by atoms with Gasteiger partial charge in [0.1, 0.15) is 0 Å². The minimum Gasteiger partial charge on any atom is -0.387 e. The average Bonchev–Trinajstić information content (AvgIpc) is 2.40. The lowest BCUT2D eigenvalue weighted by atomic mass is 10.0. The molecule has 0 saturated carbocycles. The highest BCUT2D eigenvalue weighted by molar-refractivity contribution is 6.30. The van der Waals surface area contributed by atoms with Crippen LogP contribution in [0.15, 0.2) is 48.7 Å². The first-order chi connectivity index (χ1) is 8.66. The van der Waals surface area contributed by atoms with E-state index in [9.17, 15) is 5.11 Å². The molecule has 0 aliphatic rings. The molecule has 2 nitrogen and oxygen atoms in total. The third kappa shape index (κ3) is 3.45. The van der Waals surface area contributed by atoms with Gasteiger partial charge in [0.2, 0.25) is 0 Å². The largest absolute Gasteiger partial charge is 0.387 e. The van der Waals surface area contributed by atoms with Crippen molar-refractivity contribution in [2.75, 3.05) is 0 Å². The van der Waals surface area contributed by atoms with E-state index in [1.54, 1.807) is 24.4 Å². The van der Waals surface area contributed by atoms with E-state index in [0.29, 0.717) is 17.1 Å². The van der Waals surface area contributed by atoms with Crippen LogP contribution in [0.2, 0.25) is 5.02 Å². The Balaban J connectivity index is 2.03. The topological polar surface area (TPSA) is 33.1 Å². The van der Waals surface area contributed by atoms with Crippen LogP contribution < -0.4 is 0 Å². The van der Waals surface area contributed by atoms with E-state index in [2.05, 4.69) is 4.98 Å². The molecule has 1 aromatic carbocycles. The summed E-state index contributed by atoms with van der Waals surface area (Å²) < 4.78 is 0. The van der Waals surface area contributed by atoms with E-state index < -0.39 is 6.10 Å². The second-order valence-electron chi connectivity index (χ2n) is 4.03. The molecule has 0 spiro atoms. The Bertz CT molecular complexity index is 487. The van der Waals surface area contributed by atoms with Gasteiger partial charge >= 0.3 is 0 Å². The van der Waals surface area contributed by atoms with E-state index >= 15 is 0 Å². The van der Waals surface area contributed by atoms with Crippen molar-refractivity contribution in [1.82, 2.24) is 4.98 Å². The van der Waals surface area contributed by atoms with E-state index in [-0.39, 0.29) is 5.38 Å². The van der Waals surface area contributed by atoms with Crippen molar-refractivity contribution in [3.05, 3.63) is 64.9 Å². The number of pyridine rings is 1. The van der Waals surface area contributed by atoms with Crippen LogP contribution in [-0.2, 0) is 0 Å². The molecule has 0 fully saturated rings. The van der Waals surface area contributed by atoms with Crippen molar-refractivity contribution in [3.63, 3.8) is 0 Å². The van der Waals surface area contributed by atoms with Crippen LogP contribution in [0.25, 0.3) is 0 Å². The number of hydrogen-bond acceptors (Lipinski definition) is 2. The molecule has 2 rings (SSSR count). The summed E-state index contributed by atoms with van der Waals surface area (Å²) in [5.41, 5.74) is 1.58. The summed E-state index contributed by atoms with van der Waals surface area (Å²) in [5, 5.41) is 10.4. The van der Waals surface area contributed by atoms with Gasteiger partial charge in [-0.05, 0) is 36.2 Å². The second kappa shape index (κ2) is 6.19. The summed E-state index contributed by atoms with van der Waals surface area (Å²) in [6.07, 6.45) is 1.41. The number of nitrogens with zero attached hydrogens (tertiary/aromatic N) is 1. The van der Waals surface area contributed by atoms with E-state index in [4.69, 9.17) is 23.2 Å². The summed E-state index contributed by atoms with van der Waals surface area (Å²) >= 11 is 12.1. The molecule has 18 heavy (non-hydrogen) atoms. The molecule has 4 heteroatoms. The normalized spacial score (nSPS) is 14.2. The molecule has 0 unspecified atom stereocenters. The first-order valence-corrected chi connectivity index (χ1v) is 6.47. The third-order valence-corrected chi connectivity index (χ3v) is 3.37. The third-order valence-electron chi connectivity index (χ3n) is 2.69. The van der Waals surface area contributed by atoms with Crippen molar-refractivity contribution in [2.24, 2.45) is 0 Å². The Labute approximate surface area is 116 Å². The molecular formula is C14H13Cl2NO. The fourth-order valence-corrected chi connectivity index (χ4v) is 2.14. The molecule has 0 radical (unpaired) electrons. The van der Waals surface area contributed by atoms with E-state index in [1.807, 2.05) is 24.3 Å². The number of rotatable bonds is 4. The summed E-state index contributed by atoms with van der Waals surface area (Å²) in [6.45, 7) is 0. The van der Waals surface area contributed by atoms with Crippen LogP contribution in [-0.4, -0.2) is 10.1 Å². The van der Waals surface area contributed by atoms with Crippen LogP contribution >= 0.6 is 23.2 Å². The maximum Gasteiger partial charge on any atom is 0.0977 e. The standard InChI is InChI=1S/C14H13Cl2NO/c15-11-6-4-10(5-7-11)12(16)9-14(18)13-3-1-2-8-17-13/h1-8,12,14,18H,9H2/t12-,14-/m1/s1. The van der Waals surface area contributed by atoms with Crippen LogP contribution in [0.5, 0.6) is 0 Å². The smallest absolute Gasteiger partial charge is 0.0977 e. The summed E-state index contributed by atoms with van der Waals surface area (Å²) in [5.74, 6) is 0. The number of benzene rings is 1. The van der Waals surface area contributed by atoms with Crippen LogP contribution in [0.3, 0.4) is 0 Å². The predicted octanol–water partition coefficient (Wildman–Crippen LogP) is 4.14. The molecule has 0 amide bonds. The Morgan fingerprint density at radius 3 is 2.44 bits per heavy atom. The number of aliphatic hydroxyl groups is 1. The minimum atomic E-state index is -0.663. The lowest BCUT2D eigenvalue weighted by Crippen LogP contribution is -2.03. The Morgan fingerprint density at radius 1 is 1.11 bits per heavy atom. The number of aliphatic hydroxyl groups excluding tert-OH is 1. The van der Waals surface area contributed by atoms with Crippen molar-refractivity contribution < 1.29 is 5.11 Å². The zero-order chi connectivity index (χ0) is 13.0. The second-order valence-corrected chi connectivity index (χ2v) is 4.99. The van der Waals surface area contributed by atoms with Crippen molar-refractivity contribution in [1.29, 1.82) is 0 Å². The molecule has 2 aromatic rings. The molecule has 1 heterocycles. The van der Waals surface area contributed by atoms with Crippen molar-refractivity contribution in [3.8, 4) is 0 Å².